The van der Waals surface area contributed by atoms with Crippen LogP contribution in [0.1, 0.15) is 17.5 Å². The molecule has 0 bridgehead atoms. The van der Waals surface area contributed by atoms with E-state index >= 15 is 0 Å². The van der Waals surface area contributed by atoms with E-state index in [4.69, 9.17) is 4.74 Å². The molecule has 0 aliphatic carbocycles. The Labute approximate surface area is 181 Å². The lowest BCUT2D eigenvalue weighted by atomic mass is 10.1. The molecule has 0 radical (unpaired) electrons. The molecule has 6 heteroatoms. The third-order valence-corrected chi connectivity index (χ3v) is 5.35. The van der Waals surface area contributed by atoms with E-state index in [1.54, 1.807) is 29.2 Å². The molecule has 0 aromatic heterocycles. The second-order valence-corrected chi connectivity index (χ2v) is 7.71. The third-order valence-electron chi connectivity index (χ3n) is 5.35. The Kier molecular flexibility index (Phi) is 5.89. The molecule has 1 fully saturated rings. The molecule has 1 saturated heterocycles. The Morgan fingerprint density at radius 3 is 2.35 bits per heavy atom. The first-order valence-corrected chi connectivity index (χ1v) is 10.3. The standard InChI is InChI=1S/C25H25N3O3/c1-17-8-11-21(14-18(17)2)28-16-20(15-24(28)29)27-25(30)26-19-9-12-23(13-10-19)31-22-6-4-3-5-7-22/h3-14,20H,15-16H2,1-2H3,(H2,26,27,30)/t20-/m1/s1. The summed E-state index contributed by atoms with van der Waals surface area (Å²) in [6.45, 7) is 4.53. The molecule has 158 valence electrons. The van der Waals surface area contributed by atoms with E-state index in [-0.39, 0.29) is 24.4 Å². The van der Waals surface area contributed by atoms with Crippen molar-refractivity contribution in [3.63, 3.8) is 0 Å². The van der Waals surface area contributed by atoms with Crippen LogP contribution in [0.25, 0.3) is 0 Å². The molecule has 0 unspecified atom stereocenters. The molecule has 1 heterocycles. The molecule has 3 aromatic rings. The number of ether oxygens (including phenoxy) is 1. The molecule has 3 amide bonds. The first-order chi connectivity index (χ1) is 15.0. The van der Waals surface area contributed by atoms with Crippen LogP contribution in [0.15, 0.2) is 72.8 Å². The van der Waals surface area contributed by atoms with Crippen molar-refractivity contribution in [1.29, 1.82) is 0 Å². The number of nitrogens with zero attached hydrogens (tertiary/aromatic N) is 1. The van der Waals surface area contributed by atoms with Crippen molar-refractivity contribution in [3.8, 4) is 11.5 Å². The van der Waals surface area contributed by atoms with Crippen molar-refractivity contribution in [3.05, 3.63) is 83.9 Å². The fourth-order valence-corrected chi connectivity index (χ4v) is 3.53. The van der Waals surface area contributed by atoms with Crippen molar-refractivity contribution >= 4 is 23.3 Å². The fourth-order valence-electron chi connectivity index (χ4n) is 3.53. The summed E-state index contributed by atoms with van der Waals surface area (Å²) >= 11 is 0. The predicted molar refractivity (Wildman–Crippen MR) is 122 cm³/mol. The van der Waals surface area contributed by atoms with Crippen LogP contribution >= 0.6 is 0 Å². The zero-order chi connectivity index (χ0) is 21.8. The fraction of sp³-hybridized carbons (Fsp3) is 0.200. The quantitative estimate of drug-likeness (QED) is 0.614. The minimum atomic E-state index is -0.337. The predicted octanol–water partition coefficient (Wildman–Crippen LogP) is 5.02. The molecular weight excluding hydrogens is 390 g/mol. The van der Waals surface area contributed by atoms with Gasteiger partial charge in [-0.05, 0) is 73.5 Å². The number of carbonyl (C=O) groups is 2. The van der Waals surface area contributed by atoms with E-state index in [2.05, 4.69) is 10.6 Å². The van der Waals surface area contributed by atoms with Crippen molar-refractivity contribution in [1.82, 2.24) is 5.32 Å². The summed E-state index contributed by atoms with van der Waals surface area (Å²) in [7, 11) is 0. The smallest absolute Gasteiger partial charge is 0.319 e. The monoisotopic (exact) mass is 415 g/mol. The summed E-state index contributed by atoms with van der Waals surface area (Å²) in [6.07, 6.45) is 0.282. The number of aryl methyl sites for hydroxylation is 2. The Morgan fingerprint density at radius 1 is 0.935 bits per heavy atom. The number of urea groups is 1. The number of hydrogen-bond acceptors (Lipinski definition) is 3. The Balaban J connectivity index is 1.31. The highest BCUT2D eigenvalue weighted by atomic mass is 16.5. The number of benzene rings is 3. The Hall–Kier alpha value is -3.80. The van der Waals surface area contributed by atoms with Gasteiger partial charge in [0, 0.05) is 24.3 Å². The topological polar surface area (TPSA) is 70.7 Å². The van der Waals surface area contributed by atoms with E-state index in [9.17, 15) is 9.59 Å². The highest BCUT2D eigenvalue weighted by Gasteiger charge is 2.31. The zero-order valence-electron chi connectivity index (χ0n) is 17.6. The molecule has 1 atom stereocenters. The van der Waals surface area contributed by atoms with E-state index in [0.29, 0.717) is 18.0 Å². The molecule has 3 aromatic carbocycles. The van der Waals surface area contributed by atoms with E-state index in [1.807, 2.05) is 62.4 Å². The molecule has 0 spiro atoms. The van der Waals surface area contributed by atoms with Gasteiger partial charge in [0.25, 0.3) is 0 Å². The van der Waals surface area contributed by atoms with Gasteiger partial charge in [-0.1, -0.05) is 24.3 Å². The Bertz CT molecular complexity index is 1080. The summed E-state index contributed by atoms with van der Waals surface area (Å²) in [4.78, 5) is 26.6. The lowest BCUT2D eigenvalue weighted by Gasteiger charge is -2.18. The highest BCUT2D eigenvalue weighted by Crippen LogP contribution is 2.25. The maximum atomic E-state index is 12.4. The minimum Gasteiger partial charge on any atom is -0.457 e. The maximum absolute atomic E-state index is 12.4. The van der Waals surface area contributed by atoms with Crippen LogP contribution in [0.3, 0.4) is 0 Å². The summed E-state index contributed by atoms with van der Waals surface area (Å²) in [5.41, 5.74) is 3.84. The van der Waals surface area contributed by atoms with Crippen LogP contribution in [0.4, 0.5) is 16.2 Å². The average Bonchev–Trinajstić information content (AvgIpc) is 3.12. The minimum absolute atomic E-state index is 0.0102. The second kappa shape index (κ2) is 8.92. The van der Waals surface area contributed by atoms with Gasteiger partial charge in [-0.25, -0.2) is 4.79 Å². The largest absolute Gasteiger partial charge is 0.457 e. The van der Waals surface area contributed by atoms with Crippen molar-refractivity contribution in [2.24, 2.45) is 0 Å². The van der Waals surface area contributed by atoms with Gasteiger partial charge in [-0.2, -0.15) is 0 Å². The van der Waals surface area contributed by atoms with Gasteiger partial charge in [0.1, 0.15) is 11.5 Å². The van der Waals surface area contributed by atoms with Gasteiger partial charge in [-0.15, -0.1) is 0 Å². The number of carbonyl (C=O) groups excluding carboxylic acids is 2. The van der Waals surface area contributed by atoms with Crippen molar-refractivity contribution in [2.45, 2.75) is 26.3 Å². The van der Waals surface area contributed by atoms with Crippen molar-refractivity contribution < 1.29 is 14.3 Å². The van der Waals surface area contributed by atoms with Crippen LogP contribution in [-0.4, -0.2) is 24.5 Å². The normalized spacial score (nSPS) is 15.6. The molecule has 0 saturated carbocycles. The third kappa shape index (κ3) is 5.04. The van der Waals surface area contributed by atoms with E-state index in [1.165, 1.54) is 5.56 Å². The van der Waals surface area contributed by atoms with Crippen LogP contribution in [0.5, 0.6) is 11.5 Å². The van der Waals surface area contributed by atoms with Crippen LogP contribution in [-0.2, 0) is 4.79 Å². The second-order valence-electron chi connectivity index (χ2n) is 7.71. The molecule has 6 nitrogen and oxygen atoms in total. The molecule has 2 N–H and O–H groups in total. The number of para-hydroxylation sites is 1. The van der Waals surface area contributed by atoms with Crippen LogP contribution in [0, 0.1) is 13.8 Å². The van der Waals surface area contributed by atoms with Crippen LogP contribution in [0.2, 0.25) is 0 Å². The number of anilines is 2. The first kappa shape index (κ1) is 20.5. The van der Waals surface area contributed by atoms with Crippen LogP contribution < -0.4 is 20.3 Å². The van der Waals surface area contributed by atoms with Gasteiger partial charge < -0.3 is 20.3 Å². The molecular formula is C25H25N3O3. The summed E-state index contributed by atoms with van der Waals surface area (Å²) in [5, 5.41) is 5.70. The van der Waals surface area contributed by atoms with Crippen molar-refractivity contribution in [2.75, 3.05) is 16.8 Å². The first-order valence-electron chi connectivity index (χ1n) is 10.3. The molecule has 1 aliphatic rings. The SMILES string of the molecule is Cc1ccc(N2C[C@H](NC(=O)Nc3ccc(Oc4ccccc4)cc3)CC2=O)cc1C. The number of rotatable bonds is 5. The lowest BCUT2D eigenvalue weighted by molar-refractivity contribution is -0.117. The summed E-state index contributed by atoms with van der Waals surface area (Å²) < 4.78 is 5.76. The average molecular weight is 415 g/mol. The van der Waals surface area contributed by atoms with E-state index in [0.717, 1.165) is 17.0 Å². The summed E-state index contributed by atoms with van der Waals surface area (Å²) in [5.74, 6) is 1.44. The van der Waals surface area contributed by atoms with Gasteiger partial charge in [0.15, 0.2) is 0 Å². The van der Waals surface area contributed by atoms with E-state index < -0.39 is 0 Å². The number of nitrogens with one attached hydrogen (secondary N) is 2. The van der Waals surface area contributed by atoms with Gasteiger partial charge in [-0.3, -0.25) is 4.79 Å². The lowest BCUT2D eigenvalue weighted by Crippen LogP contribution is -2.39. The summed E-state index contributed by atoms with van der Waals surface area (Å²) in [6, 6.07) is 22.0. The maximum Gasteiger partial charge on any atom is 0.319 e. The molecule has 4 rings (SSSR count). The zero-order valence-corrected chi connectivity index (χ0v) is 17.6. The van der Waals surface area contributed by atoms with Gasteiger partial charge in [0.2, 0.25) is 5.91 Å². The Morgan fingerprint density at radius 2 is 1.65 bits per heavy atom. The number of amides is 3. The molecule has 1 aliphatic heterocycles. The molecule has 31 heavy (non-hydrogen) atoms. The highest BCUT2D eigenvalue weighted by molar-refractivity contribution is 5.97. The van der Waals surface area contributed by atoms with Gasteiger partial charge >= 0.3 is 6.03 Å². The number of hydrogen-bond donors (Lipinski definition) is 2. The van der Waals surface area contributed by atoms with Gasteiger partial charge in [0.05, 0.1) is 6.04 Å².